The average Bonchev–Trinajstić information content (AvgIpc) is 2.10. The fourth-order valence-electron chi connectivity index (χ4n) is 0.578. The lowest BCUT2D eigenvalue weighted by atomic mass is 10.4. The highest BCUT2D eigenvalue weighted by Crippen LogP contribution is 2.03. The number of hydrogen-bond donors (Lipinski definition) is 0. The maximum absolute atomic E-state index is 5.46. The van der Waals surface area contributed by atoms with Crippen molar-refractivity contribution in [1.29, 1.82) is 0 Å². The molecule has 0 spiro atoms. The first kappa shape index (κ1) is 12.1. The van der Waals surface area contributed by atoms with Gasteiger partial charge in [0.15, 0.2) is 5.22 Å². The van der Waals surface area contributed by atoms with E-state index < -0.39 is 0 Å². The molecular formula is C8H14Cl2O2. The first-order valence-corrected chi connectivity index (χ1v) is 4.79. The molecule has 0 aliphatic rings. The van der Waals surface area contributed by atoms with Crippen LogP contribution >= 0.6 is 23.2 Å². The second-order valence-corrected chi connectivity index (χ2v) is 2.82. The first-order chi connectivity index (χ1) is 5.81. The Morgan fingerprint density at radius 1 is 1.33 bits per heavy atom. The van der Waals surface area contributed by atoms with Crippen molar-refractivity contribution >= 4 is 23.2 Å². The Morgan fingerprint density at radius 3 is 2.67 bits per heavy atom. The Morgan fingerprint density at radius 2 is 2.08 bits per heavy atom. The van der Waals surface area contributed by atoms with Crippen LogP contribution in [0.15, 0.2) is 10.8 Å². The van der Waals surface area contributed by atoms with E-state index in [1.54, 1.807) is 0 Å². The van der Waals surface area contributed by atoms with Crippen molar-refractivity contribution in [2.45, 2.75) is 19.8 Å². The lowest BCUT2D eigenvalue weighted by molar-refractivity contribution is 0.0802. The van der Waals surface area contributed by atoms with E-state index >= 15 is 0 Å². The van der Waals surface area contributed by atoms with Gasteiger partial charge in [0.2, 0.25) is 0 Å². The Kier molecular flexibility index (Phi) is 9.23. The number of rotatable bonds is 7. The predicted molar refractivity (Wildman–Crippen MR) is 51.5 cm³/mol. The van der Waals surface area contributed by atoms with Gasteiger partial charge in [-0.05, 0) is 18.0 Å². The monoisotopic (exact) mass is 212 g/mol. The van der Waals surface area contributed by atoms with Crippen LogP contribution in [-0.4, -0.2) is 19.8 Å². The molecule has 0 aromatic carbocycles. The molecule has 0 fully saturated rings. The van der Waals surface area contributed by atoms with E-state index in [1.807, 2.05) is 0 Å². The summed E-state index contributed by atoms with van der Waals surface area (Å²) < 4.78 is 10.2. The third kappa shape index (κ3) is 8.18. The molecule has 0 atom stereocenters. The van der Waals surface area contributed by atoms with Gasteiger partial charge in [-0.2, -0.15) is 0 Å². The molecule has 0 rings (SSSR count). The van der Waals surface area contributed by atoms with Gasteiger partial charge in [0.05, 0.1) is 12.1 Å². The summed E-state index contributed by atoms with van der Waals surface area (Å²) in [7, 11) is 0. The molecule has 2 nitrogen and oxygen atoms in total. The second kappa shape index (κ2) is 9.17. The molecular weight excluding hydrogens is 199 g/mol. The van der Waals surface area contributed by atoms with Crippen LogP contribution in [0.1, 0.15) is 19.8 Å². The summed E-state index contributed by atoms with van der Waals surface area (Å²) in [6.45, 7) is 3.90. The Labute approximate surface area is 83.4 Å². The molecule has 0 aromatic heterocycles. The molecule has 0 heterocycles. The van der Waals surface area contributed by atoms with Crippen LogP contribution in [0.3, 0.4) is 0 Å². The number of hydrogen-bond acceptors (Lipinski definition) is 2. The predicted octanol–water partition coefficient (Wildman–Crippen LogP) is 3.10. The third-order valence-corrected chi connectivity index (χ3v) is 1.72. The molecule has 0 saturated heterocycles. The fraction of sp³-hybridized carbons (Fsp3) is 0.750. The van der Waals surface area contributed by atoms with Crippen molar-refractivity contribution in [3.63, 3.8) is 0 Å². The van der Waals surface area contributed by atoms with E-state index in [0.29, 0.717) is 13.2 Å². The van der Waals surface area contributed by atoms with Crippen molar-refractivity contribution in [3.05, 3.63) is 10.8 Å². The third-order valence-electron chi connectivity index (χ3n) is 1.20. The van der Waals surface area contributed by atoms with Gasteiger partial charge in [-0.3, -0.25) is 0 Å². The van der Waals surface area contributed by atoms with Gasteiger partial charge in [0.25, 0.3) is 0 Å². The summed E-state index contributed by atoms with van der Waals surface area (Å²) in [6.07, 6.45) is 2.22. The van der Waals surface area contributed by atoms with Crippen molar-refractivity contribution < 1.29 is 9.47 Å². The van der Waals surface area contributed by atoms with E-state index in [9.17, 15) is 0 Å². The second-order valence-electron chi connectivity index (χ2n) is 2.23. The highest BCUT2D eigenvalue weighted by molar-refractivity contribution is 6.35. The van der Waals surface area contributed by atoms with Crippen LogP contribution < -0.4 is 0 Å². The highest BCUT2D eigenvalue weighted by Gasteiger charge is 1.91. The number of unbranched alkanes of at least 4 members (excludes halogenated alkanes) is 1. The first-order valence-electron chi connectivity index (χ1n) is 3.97. The molecule has 0 aromatic rings. The van der Waals surface area contributed by atoms with E-state index in [0.717, 1.165) is 19.4 Å². The van der Waals surface area contributed by atoms with Crippen LogP contribution in [0.2, 0.25) is 0 Å². The number of ether oxygens (including phenoxy) is 2. The van der Waals surface area contributed by atoms with Gasteiger partial charge >= 0.3 is 0 Å². The lowest BCUT2D eigenvalue weighted by Crippen LogP contribution is -2.03. The maximum atomic E-state index is 5.46. The van der Waals surface area contributed by atoms with Gasteiger partial charge in [-0.15, -0.1) is 0 Å². The summed E-state index contributed by atoms with van der Waals surface area (Å²) in [6, 6.07) is 0. The molecule has 0 aliphatic heterocycles. The number of halogens is 2. The zero-order valence-corrected chi connectivity index (χ0v) is 8.70. The Balaban J connectivity index is 3.00. The van der Waals surface area contributed by atoms with Gasteiger partial charge < -0.3 is 9.47 Å². The van der Waals surface area contributed by atoms with E-state index in [-0.39, 0.29) is 5.22 Å². The smallest absolute Gasteiger partial charge is 0.198 e. The molecule has 0 amide bonds. The largest absolute Gasteiger partial charge is 0.480 e. The van der Waals surface area contributed by atoms with Crippen molar-refractivity contribution in [3.8, 4) is 0 Å². The van der Waals surface area contributed by atoms with Crippen LogP contribution in [0, 0.1) is 0 Å². The van der Waals surface area contributed by atoms with Gasteiger partial charge in [0, 0.05) is 6.61 Å². The fourth-order valence-corrected chi connectivity index (χ4v) is 0.718. The van der Waals surface area contributed by atoms with Crippen LogP contribution in [0.4, 0.5) is 0 Å². The van der Waals surface area contributed by atoms with Gasteiger partial charge in [-0.1, -0.05) is 24.9 Å². The quantitative estimate of drug-likeness (QED) is 0.477. The highest BCUT2D eigenvalue weighted by atomic mass is 35.5. The van der Waals surface area contributed by atoms with Crippen LogP contribution in [0.5, 0.6) is 0 Å². The molecule has 72 valence electrons. The molecule has 0 aliphatic carbocycles. The summed E-state index contributed by atoms with van der Waals surface area (Å²) >= 11 is 10.7. The van der Waals surface area contributed by atoms with Gasteiger partial charge in [-0.25, -0.2) is 0 Å². The summed E-state index contributed by atoms with van der Waals surface area (Å²) in [5.41, 5.74) is 1.19. The molecule has 0 unspecified atom stereocenters. The maximum Gasteiger partial charge on any atom is 0.198 e. The SMILES string of the molecule is CCCCOCCO/C(Cl)=C/Cl. The molecule has 0 radical (unpaired) electrons. The van der Waals surface area contributed by atoms with Crippen LogP contribution in [0.25, 0.3) is 0 Å². The minimum absolute atomic E-state index is 0.204. The van der Waals surface area contributed by atoms with E-state index in [4.69, 9.17) is 32.7 Å². The molecule has 12 heavy (non-hydrogen) atoms. The zero-order chi connectivity index (χ0) is 9.23. The minimum atomic E-state index is 0.204. The minimum Gasteiger partial charge on any atom is -0.480 e. The topological polar surface area (TPSA) is 18.5 Å². The molecule has 0 saturated carbocycles. The van der Waals surface area contributed by atoms with Gasteiger partial charge in [0.1, 0.15) is 6.61 Å². The van der Waals surface area contributed by atoms with Crippen LogP contribution in [-0.2, 0) is 9.47 Å². The lowest BCUT2D eigenvalue weighted by Gasteiger charge is -2.04. The zero-order valence-electron chi connectivity index (χ0n) is 7.19. The molecule has 4 heteroatoms. The summed E-state index contributed by atoms with van der Waals surface area (Å²) in [5.74, 6) is 0. The van der Waals surface area contributed by atoms with E-state index in [1.165, 1.54) is 5.54 Å². The Bertz CT molecular complexity index is 126. The normalized spacial score (nSPS) is 11.8. The molecule has 0 bridgehead atoms. The Hall–Kier alpha value is 0.0800. The summed E-state index contributed by atoms with van der Waals surface area (Å²) in [4.78, 5) is 0. The molecule has 0 N–H and O–H groups in total. The van der Waals surface area contributed by atoms with E-state index in [2.05, 4.69) is 6.92 Å². The van der Waals surface area contributed by atoms with Crippen molar-refractivity contribution in [2.75, 3.05) is 19.8 Å². The van der Waals surface area contributed by atoms with Crippen molar-refractivity contribution in [2.24, 2.45) is 0 Å². The standard InChI is InChI=1S/C8H14Cl2O2/c1-2-3-4-11-5-6-12-8(10)7-9/h7H,2-6H2,1H3/b8-7+. The average molecular weight is 213 g/mol. The van der Waals surface area contributed by atoms with Crippen molar-refractivity contribution in [1.82, 2.24) is 0 Å². The summed E-state index contributed by atoms with van der Waals surface area (Å²) in [5, 5.41) is 0.204.